The molecule has 0 aliphatic carbocycles. The standard InChI is InChI=1S/C8H20BN/c1-6-9(7-2)10-8(3,4)5/h10H,6-7H2,1-5H3. The van der Waals surface area contributed by atoms with E-state index in [0.717, 1.165) is 0 Å². The van der Waals surface area contributed by atoms with E-state index in [9.17, 15) is 0 Å². The summed E-state index contributed by atoms with van der Waals surface area (Å²) in [6, 6.07) is 0. The van der Waals surface area contributed by atoms with Crippen molar-refractivity contribution in [3.8, 4) is 0 Å². The van der Waals surface area contributed by atoms with E-state index in [0.29, 0.717) is 6.85 Å². The van der Waals surface area contributed by atoms with Crippen molar-refractivity contribution in [1.82, 2.24) is 5.23 Å². The zero-order valence-corrected chi connectivity index (χ0v) is 7.99. The molecule has 0 heterocycles. The van der Waals surface area contributed by atoms with Gasteiger partial charge in [-0.05, 0) is 26.3 Å². The van der Waals surface area contributed by atoms with E-state index in [-0.39, 0.29) is 5.54 Å². The van der Waals surface area contributed by atoms with Gasteiger partial charge in [0.1, 0.15) is 0 Å². The van der Waals surface area contributed by atoms with Crippen LogP contribution in [-0.2, 0) is 0 Å². The molecule has 0 unspecified atom stereocenters. The molecule has 0 aliphatic rings. The van der Waals surface area contributed by atoms with Gasteiger partial charge in [0, 0.05) is 0 Å². The Balaban J connectivity index is 3.63. The summed E-state index contributed by atoms with van der Waals surface area (Å²) in [5, 5.41) is 3.56. The van der Waals surface area contributed by atoms with Crippen molar-refractivity contribution in [2.24, 2.45) is 0 Å². The van der Waals surface area contributed by atoms with E-state index in [1.807, 2.05) is 0 Å². The van der Waals surface area contributed by atoms with Gasteiger partial charge in [-0.1, -0.05) is 26.5 Å². The highest BCUT2D eigenvalue weighted by Crippen LogP contribution is 2.03. The molecular weight excluding hydrogens is 121 g/mol. The van der Waals surface area contributed by atoms with Gasteiger partial charge in [0.05, 0.1) is 0 Å². The van der Waals surface area contributed by atoms with Crippen molar-refractivity contribution in [3.63, 3.8) is 0 Å². The Morgan fingerprint density at radius 2 is 1.50 bits per heavy atom. The van der Waals surface area contributed by atoms with E-state index in [1.54, 1.807) is 0 Å². The molecule has 0 saturated heterocycles. The first-order valence-electron chi connectivity index (χ1n) is 4.27. The van der Waals surface area contributed by atoms with E-state index in [4.69, 9.17) is 0 Å². The third kappa shape index (κ3) is 4.86. The van der Waals surface area contributed by atoms with Crippen LogP contribution in [0.2, 0.25) is 12.6 Å². The lowest BCUT2D eigenvalue weighted by atomic mass is 9.56. The largest absolute Gasteiger partial charge is 0.351 e. The lowest BCUT2D eigenvalue weighted by Crippen LogP contribution is -2.45. The third-order valence-corrected chi connectivity index (χ3v) is 1.62. The molecule has 0 saturated carbocycles. The van der Waals surface area contributed by atoms with Crippen LogP contribution in [0.4, 0.5) is 0 Å². The summed E-state index contributed by atoms with van der Waals surface area (Å²) in [5.74, 6) is 0. The second kappa shape index (κ2) is 4.02. The first-order chi connectivity index (χ1) is 4.49. The molecule has 0 rings (SSSR count). The van der Waals surface area contributed by atoms with Crippen LogP contribution in [0.1, 0.15) is 34.6 Å². The molecule has 0 aromatic carbocycles. The molecule has 1 N–H and O–H groups in total. The minimum atomic E-state index is 0.274. The van der Waals surface area contributed by atoms with Gasteiger partial charge >= 0.3 is 0 Å². The highest BCUT2D eigenvalue weighted by Gasteiger charge is 2.16. The van der Waals surface area contributed by atoms with Crippen LogP contribution in [0.25, 0.3) is 0 Å². The monoisotopic (exact) mass is 141 g/mol. The average molecular weight is 141 g/mol. The molecule has 0 radical (unpaired) electrons. The average Bonchev–Trinajstić information content (AvgIpc) is 1.81. The van der Waals surface area contributed by atoms with Crippen molar-refractivity contribution in [3.05, 3.63) is 0 Å². The van der Waals surface area contributed by atoms with Gasteiger partial charge in [-0.3, -0.25) is 0 Å². The third-order valence-electron chi connectivity index (χ3n) is 1.62. The summed E-state index contributed by atoms with van der Waals surface area (Å²) in [6.45, 7) is 11.8. The van der Waals surface area contributed by atoms with Crippen molar-refractivity contribution in [2.75, 3.05) is 0 Å². The number of hydrogen-bond acceptors (Lipinski definition) is 1. The van der Waals surface area contributed by atoms with Crippen LogP contribution >= 0.6 is 0 Å². The maximum atomic E-state index is 3.56. The quantitative estimate of drug-likeness (QED) is 0.595. The Bertz CT molecular complexity index is 81.7. The van der Waals surface area contributed by atoms with Gasteiger partial charge in [-0.2, -0.15) is 0 Å². The summed E-state index contributed by atoms with van der Waals surface area (Å²) in [7, 11) is 0. The summed E-state index contributed by atoms with van der Waals surface area (Å²) < 4.78 is 0. The number of rotatable bonds is 3. The van der Waals surface area contributed by atoms with Gasteiger partial charge in [0.15, 0.2) is 0 Å². The molecule has 0 spiro atoms. The van der Waals surface area contributed by atoms with Crippen LogP contribution in [-0.4, -0.2) is 12.4 Å². The first-order valence-corrected chi connectivity index (χ1v) is 4.27. The second-order valence-corrected chi connectivity index (χ2v) is 3.91. The molecule has 2 heteroatoms. The van der Waals surface area contributed by atoms with Crippen LogP contribution in [0.5, 0.6) is 0 Å². The Morgan fingerprint density at radius 3 is 1.60 bits per heavy atom. The van der Waals surface area contributed by atoms with E-state index in [2.05, 4.69) is 39.8 Å². The Kier molecular flexibility index (Phi) is 4.03. The molecule has 0 atom stereocenters. The van der Waals surface area contributed by atoms with Crippen molar-refractivity contribution < 1.29 is 0 Å². The summed E-state index contributed by atoms with van der Waals surface area (Å²) >= 11 is 0. The molecule has 1 nitrogen and oxygen atoms in total. The Labute approximate surface area is 65.7 Å². The topological polar surface area (TPSA) is 12.0 Å². The van der Waals surface area contributed by atoms with Gasteiger partial charge in [-0.25, -0.2) is 0 Å². The van der Waals surface area contributed by atoms with Gasteiger partial charge < -0.3 is 5.23 Å². The minimum Gasteiger partial charge on any atom is -0.351 e. The molecule has 0 amide bonds. The molecule has 0 fully saturated rings. The normalized spacial score (nSPS) is 11.7. The minimum absolute atomic E-state index is 0.274. The molecule has 60 valence electrons. The Hall–Kier alpha value is 0.0249. The van der Waals surface area contributed by atoms with Gasteiger partial charge in [0.25, 0.3) is 0 Å². The van der Waals surface area contributed by atoms with Gasteiger partial charge in [0.2, 0.25) is 6.85 Å². The second-order valence-electron chi connectivity index (χ2n) is 3.91. The molecule has 0 aromatic heterocycles. The molecule has 0 aliphatic heterocycles. The van der Waals surface area contributed by atoms with Crippen molar-refractivity contribution >= 4 is 6.85 Å². The predicted octanol–water partition coefficient (Wildman–Crippen LogP) is 2.41. The fourth-order valence-electron chi connectivity index (χ4n) is 1.11. The fourth-order valence-corrected chi connectivity index (χ4v) is 1.11. The zero-order chi connectivity index (χ0) is 8.20. The van der Waals surface area contributed by atoms with Crippen LogP contribution in [0.3, 0.4) is 0 Å². The molecule has 0 bridgehead atoms. The number of hydrogen-bond donors (Lipinski definition) is 1. The van der Waals surface area contributed by atoms with E-state index >= 15 is 0 Å². The summed E-state index contributed by atoms with van der Waals surface area (Å²) in [5.41, 5.74) is 0.274. The molecular formula is C8H20BN. The lowest BCUT2D eigenvalue weighted by Gasteiger charge is -2.25. The first kappa shape index (κ1) is 10.0. The van der Waals surface area contributed by atoms with Crippen LogP contribution in [0.15, 0.2) is 0 Å². The number of nitrogens with one attached hydrogen (secondary N) is 1. The summed E-state index contributed by atoms with van der Waals surface area (Å²) in [6.07, 6.45) is 2.46. The predicted molar refractivity (Wildman–Crippen MR) is 49.6 cm³/mol. The van der Waals surface area contributed by atoms with Crippen LogP contribution < -0.4 is 5.23 Å². The maximum Gasteiger partial charge on any atom is 0.220 e. The van der Waals surface area contributed by atoms with Crippen molar-refractivity contribution in [2.45, 2.75) is 52.8 Å². The highest BCUT2D eigenvalue weighted by molar-refractivity contribution is 6.56. The lowest BCUT2D eigenvalue weighted by molar-refractivity contribution is 0.516. The maximum absolute atomic E-state index is 3.56. The zero-order valence-electron chi connectivity index (χ0n) is 7.99. The van der Waals surface area contributed by atoms with E-state index in [1.165, 1.54) is 12.6 Å². The molecule has 10 heavy (non-hydrogen) atoms. The van der Waals surface area contributed by atoms with E-state index < -0.39 is 0 Å². The SMILES string of the molecule is CCB(CC)NC(C)(C)C. The fraction of sp³-hybridized carbons (Fsp3) is 1.00. The van der Waals surface area contributed by atoms with Crippen LogP contribution in [0, 0.1) is 0 Å². The molecule has 0 aromatic rings. The summed E-state index contributed by atoms with van der Waals surface area (Å²) in [4.78, 5) is 0. The highest BCUT2D eigenvalue weighted by atomic mass is 14.9. The Morgan fingerprint density at radius 1 is 1.10 bits per heavy atom. The van der Waals surface area contributed by atoms with Gasteiger partial charge in [-0.15, -0.1) is 0 Å². The smallest absolute Gasteiger partial charge is 0.220 e. The van der Waals surface area contributed by atoms with Crippen molar-refractivity contribution in [1.29, 1.82) is 0 Å².